The van der Waals surface area contributed by atoms with Gasteiger partial charge in [-0.3, -0.25) is 4.79 Å². The van der Waals surface area contributed by atoms with Crippen molar-refractivity contribution in [1.82, 2.24) is 14.8 Å². The third-order valence-corrected chi connectivity index (χ3v) is 7.12. The molecule has 33 heavy (non-hydrogen) atoms. The zero-order valence-electron chi connectivity index (χ0n) is 20.6. The molecule has 2 aliphatic heterocycles. The van der Waals surface area contributed by atoms with Crippen molar-refractivity contribution >= 4 is 17.4 Å². The molecule has 0 saturated carbocycles. The van der Waals surface area contributed by atoms with Gasteiger partial charge in [0, 0.05) is 42.3 Å². The molecular weight excluding hydrogens is 410 g/mol. The average Bonchev–Trinajstić information content (AvgIpc) is 3.34. The quantitative estimate of drug-likeness (QED) is 0.695. The van der Waals surface area contributed by atoms with Gasteiger partial charge in [-0.1, -0.05) is 18.2 Å². The fraction of sp³-hybridized carbons (Fsp3) is 0.556. The summed E-state index contributed by atoms with van der Waals surface area (Å²) in [6.45, 7) is 12.7. The lowest BCUT2D eigenvalue weighted by Crippen LogP contribution is -2.44. The van der Waals surface area contributed by atoms with Crippen LogP contribution in [0.25, 0.3) is 11.3 Å². The zero-order chi connectivity index (χ0) is 23.5. The summed E-state index contributed by atoms with van der Waals surface area (Å²) in [4.78, 5) is 25.5. The molecule has 2 saturated heterocycles. The molecule has 2 N–H and O–H groups in total. The molecule has 2 aliphatic rings. The van der Waals surface area contributed by atoms with E-state index in [0.29, 0.717) is 23.0 Å². The molecule has 1 amide bonds. The van der Waals surface area contributed by atoms with E-state index in [1.165, 1.54) is 38.8 Å². The van der Waals surface area contributed by atoms with Crippen LogP contribution in [-0.4, -0.2) is 65.0 Å². The molecule has 3 heterocycles. The van der Waals surface area contributed by atoms with E-state index in [0.717, 1.165) is 24.5 Å². The molecule has 2 fully saturated rings. The molecule has 6 nitrogen and oxygen atoms in total. The normalized spacial score (nSPS) is 17.8. The Morgan fingerprint density at radius 1 is 0.970 bits per heavy atom. The van der Waals surface area contributed by atoms with Crippen LogP contribution in [0.15, 0.2) is 36.4 Å². The van der Waals surface area contributed by atoms with Crippen molar-refractivity contribution in [3.63, 3.8) is 0 Å². The van der Waals surface area contributed by atoms with Crippen LogP contribution in [0.3, 0.4) is 0 Å². The number of carbonyl (C=O) groups is 1. The maximum absolute atomic E-state index is 13.5. The van der Waals surface area contributed by atoms with Crippen molar-refractivity contribution in [2.75, 3.05) is 36.8 Å². The molecule has 1 aromatic carbocycles. The summed E-state index contributed by atoms with van der Waals surface area (Å²) >= 11 is 0. The molecule has 0 spiro atoms. The smallest absolute Gasteiger partial charge is 0.255 e. The second-order valence-electron chi connectivity index (χ2n) is 10.0. The van der Waals surface area contributed by atoms with Crippen molar-refractivity contribution in [3.05, 3.63) is 42.0 Å². The summed E-state index contributed by atoms with van der Waals surface area (Å²) in [5, 5.41) is 0. The summed E-state index contributed by atoms with van der Waals surface area (Å²) in [6, 6.07) is 12.6. The van der Waals surface area contributed by atoms with Gasteiger partial charge in [-0.2, -0.15) is 0 Å². The van der Waals surface area contributed by atoms with E-state index in [1.807, 2.05) is 41.3 Å². The first-order valence-corrected chi connectivity index (χ1v) is 12.5. The number of nitrogens with zero attached hydrogens (tertiary/aromatic N) is 4. The number of hydrogen-bond acceptors (Lipinski definition) is 5. The van der Waals surface area contributed by atoms with Crippen LogP contribution in [0.2, 0.25) is 0 Å². The zero-order valence-corrected chi connectivity index (χ0v) is 20.6. The minimum absolute atomic E-state index is 0.0219. The Morgan fingerprint density at radius 2 is 1.61 bits per heavy atom. The van der Waals surface area contributed by atoms with Crippen LogP contribution in [0, 0.1) is 0 Å². The van der Waals surface area contributed by atoms with E-state index in [-0.39, 0.29) is 18.0 Å². The summed E-state index contributed by atoms with van der Waals surface area (Å²) in [7, 11) is 0. The second-order valence-corrected chi connectivity index (χ2v) is 10.0. The molecule has 178 valence electrons. The Balaban J connectivity index is 1.60. The number of likely N-dealkylation sites (tertiary alicyclic amines) is 1. The van der Waals surface area contributed by atoms with Gasteiger partial charge in [0.2, 0.25) is 0 Å². The van der Waals surface area contributed by atoms with Crippen LogP contribution in [0.1, 0.15) is 63.7 Å². The van der Waals surface area contributed by atoms with Crippen LogP contribution in [-0.2, 0) is 0 Å². The molecule has 0 radical (unpaired) electrons. The molecule has 1 aromatic heterocycles. The number of nitrogens with two attached hydrogens (primary N) is 1. The van der Waals surface area contributed by atoms with Gasteiger partial charge in [0.1, 0.15) is 5.82 Å². The predicted molar refractivity (Wildman–Crippen MR) is 137 cm³/mol. The maximum atomic E-state index is 13.5. The number of rotatable bonds is 6. The largest absolute Gasteiger partial charge is 0.397 e. The van der Waals surface area contributed by atoms with Gasteiger partial charge in [-0.05, 0) is 84.7 Å². The molecule has 0 bridgehead atoms. The number of hydrogen-bond donors (Lipinski definition) is 1. The number of anilines is 2. The fourth-order valence-electron chi connectivity index (χ4n) is 5.50. The molecule has 0 aliphatic carbocycles. The number of benzene rings is 1. The van der Waals surface area contributed by atoms with Gasteiger partial charge in [0.05, 0.1) is 11.4 Å². The Bertz CT molecular complexity index is 951. The SMILES string of the molecule is CC(C)N(C(=O)c1ccccc1-c1nc(N2CCC(N3CCCC3)CC2)ccc1N)C(C)C. The summed E-state index contributed by atoms with van der Waals surface area (Å²) < 4.78 is 0. The van der Waals surface area contributed by atoms with E-state index >= 15 is 0 Å². The average molecular weight is 450 g/mol. The lowest BCUT2D eigenvalue weighted by atomic mass is 10.00. The minimum Gasteiger partial charge on any atom is -0.397 e. The highest BCUT2D eigenvalue weighted by Crippen LogP contribution is 2.32. The highest BCUT2D eigenvalue weighted by molar-refractivity contribution is 6.02. The van der Waals surface area contributed by atoms with Crippen molar-refractivity contribution in [2.45, 2.75) is 71.5 Å². The first-order chi connectivity index (χ1) is 15.9. The van der Waals surface area contributed by atoms with Crippen molar-refractivity contribution < 1.29 is 4.79 Å². The number of nitrogen functional groups attached to an aromatic ring is 1. The molecule has 0 unspecified atom stereocenters. The Hall–Kier alpha value is -2.60. The third kappa shape index (κ3) is 5.01. The minimum atomic E-state index is 0.0219. The van der Waals surface area contributed by atoms with Gasteiger partial charge >= 0.3 is 0 Å². The Morgan fingerprint density at radius 3 is 2.24 bits per heavy atom. The Kier molecular flexibility index (Phi) is 7.23. The Labute approximate surface area is 198 Å². The molecule has 6 heteroatoms. The standard InChI is InChI=1S/C27H39N5O/c1-19(2)32(20(3)4)27(33)23-10-6-5-9-22(23)26-24(28)11-12-25(29-26)31-17-13-21(14-18-31)30-15-7-8-16-30/h5-6,9-12,19-21H,7-8,13-18,28H2,1-4H3. The van der Waals surface area contributed by atoms with Crippen LogP contribution in [0.4, 0.5) is 11.5 Å². The van der Waals surface area contributed by atoms with Crippen LogP contribution in [0.5, 0.6) is 0 Å². The first-order valence-electron chi connectivity index (χ1n) is 12.5. The van der Waals surface area contributed by atoms with Gasteiger partial charge < -0.3 is 20.4 Å². The van der Waals surface area contributed by atoms with Crippen molar-refractivity contribution in [3.8, 4) is 11.3 Å². The summed E-state index contributed by atoms with van der Waals surface area (Å²) in [5.74, 6) is 0.972. The fourth-order valence-corrected chi connectivity index (χ4v) is 5.50. The molecule has 2 aromatic rings. The summed E-state index contributed by atoms with van der Waals surface area (Å²) in [5.41, 5.74) is 9.17. The van der Waals surface area contributed by atoms with Gasteiger partial charge in [-0.15, -0.1) is 0 Å². The lowest BCUT2D eigenvalue weighted by Gasteiger charge is -2.37. The maximum Gasteiger partial charge on any atom is 0.255 e. The predicted octanol–water partition coefficient (Wildman–Crippen LogP) is 4.65. The van der Waals surface area contributed by atoms with Gasteiger partial charge in [0.15, 0.2) is 0 Å². The number of amides is 1. The highest BCUT2D eigenvalue weighted by atomic mass is 16.2. The molecule has 0 atom stereocenters. The first kappa shape index (κ1) is 23.6. The van der Waals surface area contributed by atoms with Crippen molar-refractivity contribution in [1.29, 1.82) is 0 Å². The number of aromatic nitrogens is 1. The topological polar surface area (TPSA) is 65.7 Å². The second kappa shape index (κ2) is 10.1. The van der Waals surface area contributed by atoms with Crippen LogP contribution < -0.4 is 10.6 Å². The van der Waals surface area contributed by atoms with E-state index in [4.69, 9.17) is 10.7 Å². The molecular formula is C27H39N5O. The van der Waals surface area contributed by atoms with E-state index in [1.54, 1.807) is 0 Å². The van der Waals surface area contributed by atoms with E-state index in [2.05, 4.69) is 37.5 Å². The number of piperidine rings is 1. The molecule has 4 rings (SSSR count). The monoisotopic (exact) mass is 449 g/mol. The van der Waals surface area contributed by atoms with Gasteiger partial charge in [0.25, 0.3) is 5.91 Å². The highest BCUT2D eigenvalue weighted by Gasteiger charge is 2.28. The van der Waals surface area contributed by atoms with Crippen molar-refractivity contribution in [2.24, 2.45) is 0 Å². The number of carbonyl (C=O) groups excluding carboxylic acids is 1. The summed E-state index contributed by atoms with van der Waals surface area (Å²) in [6.07, 6.45) is 5.03. The van der Waals surface area contributed by atoms with E-state index < -0.39 is 0 Å². The van der Waals surface area contributed by atoms with E-state index in [9.17, 15) is 4.79 Å². The number of pyridine rings is 1. The third-order valence-electron chi connectivity index (χ3n) is 7.12. The van der Waals surface area contributed by atoms with Gasteiger partial charge in [-0.25, -0.2) is 4.98 Å². The van der Waals surface area contributed by atoms with Crippen LogP contribution >= 0.6 is 0 Å². The lowest BCUT2D eigenvalue weighted by molar-refractivity contribution is 0.0644.